The molecule has 2 heterocycles. The Bertz CT molecular complexity index is 906. The molecule has 4 rings (SSSR count). The quantitative estimate of drug-likeness (QED) is 0.610. The van der Waals surface area contributed by atoms with Crippen LogP contribution in [0.15, 0.2) is 65.2 Å². The molecule has 3 aromatic rings. The van der Waals surface area contributed by atoms with E-state index < -0.39 is 0 Å². The van der Waals surface area contributed by atoms with Crippen molar-refractivity contribution in [1.29, 1.82) is 0 Å². The van der Waals surface area contributed by atoms with Crippen LogP contribution in [0.3, 0.4) is 0 Å². The summed E-state index contributed by atoms with van der Waals surface area (Å²) in [7, 11) is 0. The average molecular weight is 381 g/mol. The number of nitrogens with zero attached hydrogens (tertiary/aromatic N) is 2. The molecule has 5 heteroatoms. The molecule has 1 aliphatic heterocycles. The summed E-state index contributed by atoms with van der Waals surface area (Å²) in [4.78, 5) is 14.9. The van der Waals surface area contributed by atoms with Crippen molar-refractivity contribution in [3.8, 4) is 11.3 Å². The molecule has 1 atom stereocenters. The first kappa shape index (κ1) is 17.8. The largest absolute Gasteiger partial charge is 0.355 e. The molecule has 1 aliphatic rings. The van der Waals surface area contributed by atoms with E-state index in [-0.39, 0.29) is 5.91 Å². The SMILES string of the molecule is O=C(c1cc(-c2ccccc2)on1)N1CCCCC(c2ccc(Cl)cc2)C1. The van der Waals surface area contributed by atoms with Crippen molar-refractivity contribution in [2.45, 2.75) is 25.2 Å². The van der Waals surface area contributed by atoms with Gasteiger partial charge in [0.25, 0.3) is 5.91 Å². The summed E-state index contributed by atoms with van der Waals surface area (Å²) in [5.74, 6) is 0.860. The van der Waals surface area contributed by atoms with Gasteiger partial charge in [0.2, 0.25) is 0 Å². The van der Waals surface area contributed by atoms with Gasteiger partial charge in [0.05, 0.1) is 0 Å². The van der Waals surface area contributed by atoms with Crippen LogP contribution in [0.25, 0.3) is 11.3 Å². The summed E-state index contributed by atoms with van der Waals surface area (Å²) in [6.07, 6.45) is 3.17. The molecule has 4 nitrogen and oxygen atoms in total. The van der Waals surface area contributed by atoms with E-state index in [0.29, 0.717) is 23.9 Å². The number of amides is 1. The van der Waals surface area contributed by atoms with Gasteiger partial charge in [-0.2, -0.15) is 0 Å². The van der Waals surface area contributed by atoms with E-state index in [1.165, 1.54) is 5.56 Å². The van der Waals surface area contributed by atoms with Gasteiger partial charge < -0.3 is 9.42 Å². The topological polar surface area (TPSA) is 46.3 Å². The molecule has 0 bridgehead atoms. The smallest absolute Gasteiger partial charge is 0.276 e. The second kappa shape index (κ2) is 7.97. The van der Waals surface area contributed by atoms with E-state index in [2.05, 4.69) is 17.3 Å². The second-order valence-corrected chi connectivity index (χ2v) is 7.37. The highest BCUT2D eigenvalue weighted by Crippen LogP contribution is 2.28. The maximum Gasteiger partial charge on any atom is 0.276 e. The molecule has 0 radical (unpaired) electrons. The molecule has 0 N–H and O–H groups in total. The van der Waals surface area contributed by atoms with Crippen LogP contribution in [0, 0.1) is 0 Å². The average Bonchev–Trinajstić information content (AvgIpc) is 3.07. The van der Waals surface area contributed by atoms with Gasteiger partial charge >= 0.3 is 0 Å². The van der Waals surface area contributed by atoms with Gasteiger partial charge in [-0.3, -0.25) is 4.79 Å². The summed E-state index contributed by atoms with van der Waals surface area (Å²) in [5.41, 5.74) is 2.51. The number of carbonyl (C=O) groups is 1. The molecule has 0 aliphatic carbocycles. The Hall–Kier alpha value is -2.59. The molecule has 1 amide bonds. The Balaban J connectivity index is 1.52. The van der Waals surface area contributed by atoms with Crippen molar-refractivity contribution >= 4 is 17.5 Å². The number of likely N-dealkylation sites (tertiary alicyclic amines) is 1. The molecule has 138 valence electrons. The van der Waals surface area contributed by atoms with E-state index in [9.17, 15) is 4.79 Å². The number of hydrogen-bond acceptors (Lipinski definition) is 3. The zero-order chi connectivity index (χ0) is 18.6. The van der Waals surface area contributed by atoms with Crippen LogP contribution in [0.4, 0.5) is 0 Å². The Morgan fingerprint density at radius 1 is 1.07 bits per heavy atom. The van der Waals surface area contributed by atoms with Crippen molar-refractivity contribution in [1.82, 2.24) is 10.1 Å². The highest BCUT2D eigenvalue weighted by molar-refractivity contribution is 6.30. The monoisotopic (exact) mass is 380 g/mol. The Kier molecular flexibility index (Phi) is 5.26. The number of benzene rings is 2. The number of carbonyl (C=O) groups excluding carboxylic acids is 1. The van der Waals surface area contributed by atoms with Crippen molar-refractivity contribution in [3.63, 3.8) is 0 Å². The lowest BCUT2D eigenvalue weighted by molar-refractivity contribution is 0.0744. The van der Waals surface area contributed by atoms with E-state index >= 15 is 0 Å². The predicted octanol–water partition coefficient (Wildman–Crippen LogP) is 5.40. The lowest BCUT2D eigenvalue weighted by Gasteiger charge is -2.24. The van der Waals surface area contributed by atoms with Gasteiger partial charge in [-0.1, -0.05) is 65.6 Å². The predicted molar refractivity (Wildman–Crippen MR) is 106 cm³/mol. The van der Waals surface area contributed by atoms with Gasteiger partial charge in [0.15, 0.2) is 11.5 Å². The van der Waals surface area contributed by atoms with Gasteiger partial charge in [0.1, 0.15) is 0 Å². The third-order valence-electron chi connectivity index (χ3n) is 5.09. The standard InChI is InChI=1S/C22H21ClN2O2/c23-19-11-9-16(10-12-19)18-8-4-5-13-25(15-18)22(26)20-14-21(27-24-20)17-6-2-1-3-7-17/h1-3,6-7,9-12,14,18H,4-5,8,13,15H2. The Morgan fingerprint density at radius 2 is 1.85 bits per heavy atom. The van der Waals surface area contributed by atoms with Crippen LogP contribution in [0.2, 0.25) is 5.02 Å². The fourth-order valence-electron chi connectivity index (χ4n) is 3.61. The highest BCUT2D eigenvalue weighted by Gasteiger charge is 2.26. The highest BCUT2D eigenvalue weighted by atomic mass is 35.5. The molecule has 0 spiro atoms. The van der Waals surface area contributed by atoms with Crippen molar-refractivity contribution < 1.29 is 9.32 Å². The minimum Gasteiger partial charge on any atom is -0.355 e. The van der Waals surface area contributed by atoms with Gasteiger partial charge in [-0.05, 0) is 30.5 Å². The van der Waals surface area contributed by atoms with Crippen LogP contribution in [0.1, 0.15) is 41.2 Å². The summed E-state index contributed by atoms with van der Waals surface area (Å²) >= 11 is 6.01. The molecule has 1 saturated heterocycles. The van der Waals surface area contributed by atoms with Crippen LogP contribution >= 0.6 is 11.6 Å². The zero-order valence-corrected chi connectivity index (χ0v) is 15.7. The van der Waals surface area contributed by atoms with Crippen LogP contribution in [-0.2, 0) is 0 Å². The lowest BCUT2D eigenvalue weighted by Crippen LogP contribution is -2.34. The summed E-state index contributed by atoms with van der Waals surface area (Å²) < 4.78 is 5.41. The summed E-state index contributed by atoms with van der Waals surface area (Å²) in [6.45, 7) is 1.43. The number of hydrogen-bond donors (Lipinski definition) is 0. The molecule has 0 saturated carbocycles. The van der Waals surface area contributed by atoms with E-state index in [0.717, 1.165) is 36.4 Å². The molecular weight excluding hydrogens is 360 g/mol. The van der Waals surface area contributed by atoms with Gasteiger partial charge in [-0.15, -0.1) is 0 Å². The second-order valence-electron chi connectivity index (χ2n) is 6.94. The minimum absolute atomic E-state index is 0.0678. The first-order valence-corrected chi connectivity index (χ1v) is 9.65. The normalized spacial score (nSPS) is 17.5. The van der Waals surface area contributed by atoms with Crippen LogP contribution in [0.5, 0.6) is 0 Å². The maximum atomic E-state index is 13.0. The third-order valence-corrected chi connectivity index (χ3v) is 5.34. The van der Waals surface area contributed by atoms with Crippen LogP contribution < -0.4 is 0 Å². The third kappa shape index (κ3) is 4.06. The van der Waals surface area contributed by atoms with E-state index in [1.807, 2.05) is 47.4 Å². The Morgan fingerprint density at radius 3 is 2.63 bits per heavy atom. The summed E-state index contributed by atoms with van der Waals surface area (Å²) in [6, 6.07) is 19.4. The van der Waals surface area contributed by atoms with Gasteiger partial charge in [0, 0.05) is 35.7 Å². The summed E-state index contributed by atoms with van der Waals surface area (Å²) in [5, 5.41) is 4.76. The molecule has 1 fully saturated rings. The maximum absolute atomic E-state index is 13.0. The van der Waals surface area contributed by atoms with E-state index in [1.54, 1.807) is 6.07 Å². The number of aromatic nitrogens is 1. The molecule has 2 aromatic carbocycles. The molecule has 1 aromatic heterocycles. The number of halogens is 1. The van der Waals surface area contributed by atoms with Crippen molar-refractivity contribution in [3.05, 3.63) is 76.9 Å². The molecule has 27 heavy (non-hydrogen) atoms. The zero-order valence-electron chi connectivity index (χ0n) is 15.0. The van der Waals surface area contributed by atoms with E-state index in [4.69, 9.17) is 16.1 Å². The van der Waals surface area contributed by atoms with Crippen molar-refractivity contribution in [2.24, 2.45) is 0 Å². The minimum atomic E-state index is -0.0678. The van der Waals surface area contributed by atoms with Crippen LogP contribution in [-0.4, -0.2) is 29.1 Å². The van der Waals surface area contributed by atoms with Gasteiger partial charge in [-0.25, -0.2) is 0 Å². The molecular formula is C22H21ClN2O2. The first-order valence-electron chi connectivity index (χ1n) is 9.27. The fraction of sp³-hybridized carbons (Fsp3) is 0.273. The fourth-order valence-corrected chi connectivity index (χ4v) is 3.74. The lowest BCUT2D eigenvalue weighted by atomic mass is 9.94. The molecule has 1 unspecified atom stereocenters. The number of rotatable bonds is 3. The first-order chi connectivity index (χ1) is 13.2. The van der Waals surface area contributed by atoms with Crippen molar-refractivity contribution in [2.75, 3.05) is 13.1 Å². The Labute approximate surface area is 163 Å².